The molecule has 0 spiro atoms. The van der Waals surface area contributed by atoms with Gasteiger partial charge in [-0.25, -0.2) is 4.98 Å². The first kappa shape index (κ1) is 14.5. The second-order valence-corrected chi connectivity index (χ2v) is 5.46. The maximum atomic E-state index is 12.0. The normalized spacial score (nSPS) is 14.1. The Bertz CT molecular complexity index is 383. The molecule has 3 nitrogen and oxygen atoms in total. The van der Waals surface area contributed by atoms with Crippen molar-refractivity contribution >= 4 is 33.4 Å². The fourth-order valence-corrected chi connectivity index (χ4v) is 2.04. The second kappa shape index (κ2) is 6.36. The summed E-state index contributed by atoms with van der Waals surface area (Å²) < 4.78 is 0.855. The van der Waals surface area contributed by atoms with Gasteiger partial charge in [-0.15, -0.1) is 11.6 Å². The van der Waals surface area contributed by atoms with Crippen LogP contribution in [0.25, 0.3) is 0 Å². The summed E-state index contributed by atoms with van der Waals surface area (Å²) >= 11 is 9.02. The Kier molecular flexibility index (Phi) is 5.40. The molecule has 1 heterocycles. The minimum absolute atomic E-state index is 0.160. The summed E-state index contributed by atoms with van der Waals surface area (Å²) in [7, 11) is 0. The zero-order chi connectivity index (χ0) is 12.9. The highest BCUT2D eigenvalue weighted by Crippen LogP contribution is 2.16. The molecule has 1 atom stereocenters. The highest BCUT2D eigenvalue weighted by Gasteiger charge is 2.24. The van der Waals surface area contributed by atoms with Gasteiger partial charge in [0, 0.05) is 22.1 Å². The van der Waals surface area contributed by atoms with Gasteiger partial charge in [0.1, 0.15) is 5.69 Å². The first-order chi connectivity index (χ1) is 8.00. The molecule has 0 bridgehead atoms. The van der Waals surface area contributed by atoms with Crippen LogP contribution in [0.2, 0.25) is 0 Å². The largest absolute Gasteiger partial charge is 0.346 e. The van der Waals surface area contributed by atoms with Crippen LogP contribution in [0.5, 0.6) is 0 Å². The molecule has 0 fully saturated rings. The fourth-order valence-electron chi connectivity index (χ4n) is 1.38. The molecule has 0 aromatic carbocycles. The number of nitrogens with zero attached hydrogens (tertiary/aromatic N) is 1. The van der Waals surface area contributed by atoms with Crippen LogP contribution in [0.3, 0.4) is 0 Å². The van der Waals surface area contributed by atoms with E-state index in [9.17, 15) is 4.79 Å². The van der Waals surface area contributed by atoms with Gasteiger partial charge in [0.15, 0.2) is 0 Å². The minimum Gasteiger partial charge on any atom is -0.346 e. The quantitative estimate of drug-likeness (QED) is 0.846. The number of halogens is 2. The lowest BCUT2D eigenvalue weighted by molar-refractivity contribution is 0.0896. The Balaban J connectivity index is 2.74. The van der Waals surface area contributed by atoms with Gasteiger partial charge in [-0.2, -0.15) is 0 Å². The van der Waals surface area contributed by atoms with E-state index in [1.165, 1.54) is 0 Å². The monoisotopic (exact) mass is 318 g/mol. The van der Waals surface area contributed by atoms with E-state index in [1.54, 1.807) is 18.3 Å². The molecule has 1 unspecified atom stereocenters. The molecular weight excluding hydrogens is 304 g/mol. The predicted octanol–water partition coefficient (Wildman–Crippen LogP) is 3.37. The number of pyridine rings is 1. The molecule has 1 rings (SSSR count). The lowest BCUT2D eigenvalue weighted by Crippen LogP contribution is -2.46. The smallest absolute Gasteiger partial charge is 0.270 e. The summed E-state index contributed by atoms with van der Waals surface area (Å²) in [5.41, 5.74) is 0.149. The van der Waals surface area contributed by atoms with Crippen molar-refractivity contribution in [2.24, 2.45) is 0 Å². The van der Waals surface area contributed by atoms with Crippen molar-refractivity contribution in [1.29, 1.82) is 0 Å². The van der Waals surface area contributed by atoms with Gasteiger partial charge in [0.25, 0.3) is 5.91 Å². The molecule has 17 heavy (non-hydrogen) atoms. The van der Waals surface area contributed by atoms with Crippen molar-refractivity contribution in [3.05, 3.63) is 28.5 Å². The van der Waals surface area contributed by atoms with Gasteiger partial charge < -0.3 is 5.32 Å². The van der Waals surface area contributed by atoms with Crippen molar-refractivity contribution in [3.63, 3.8) is 0 Å². The molecule has 0 saturated heterocycles. The van der Waals surface area contributed by atoms with Crippen LogP contribution in [-0.4, -0.2) is 22.3 Å². The predicted molar refractivity (Wildman–Crippen MR) is 73.4 cm³/mol. The van der Waals surface area contributed by atoms with Crippen LogP contribution in [0.4, 0.5) is 0 Å². The van der Waals surface area contributed by atoms with Gasteiger partial charge in [0.05, 0.1) is 0 Å². The Morgan fingerprint density at radius 3 is 2.76 bits per heavy atom. The van der Waals surface area contributed by atoms with Gasteiger partial charge in [0.2, 0.25) is 0 Å². The molecule has 0 aliphatic carbocycles. The summed E-state index contributed by atoms with van der Waals surface area (Å²) in [6.45, 7) is 4.02. The SMILES string of the molecule is CCC(C)(CCCl)NC(=O)c1ccc(Br)cn1. The summed E-state index contributed by atoms with van der Waals surface area (Å²) in [6.07, 6.45) is 3.19. The Morgan fingerprint density at radius 2 is 2.29 bits per heavy atom. The van der Waals surface area contributed by atoms with Crippen LogP contribution >= 0.6 is 27.5 Å². The number of carbonyl (C=O) groups excluding carboxylic acids is 1. The van der Waals surface area contributed by atoms with E-state index < -0.39 is 0 Å². The number of hydrogen-bond acceptors (Lipinski definition) is 2. The number of carbonyl (C=O) groups is 1. The third-order valence-electron chi connectivity index (χ3n) is 2.80. The van der Waals surface area contributed by atoms with Gasteiger partial charge in [-0.05, 0) is 47.8 Å². The van der Waals surface area contributed by atoms with E-state index in [2.05, 4.69) is 26.2 Å². The molecule has 1 N–H and O–H groups in total. The van der Waals surface area contributed by atoms with Crippen molar-refractivity contribution in [3.8, 4) is 0 Å². The zero-order valence-electron chi connectivity index (χ0n) is 9.96. The van der Waals surface area contributed by atoms with Gasteiger partial charge >= 0.3 is 0 Å². The van der Waals surface area contributed by atoms with E-state index in [1.807, 2.05) is 13.8 Å². The third-order valence-corrected chi connectivity index (χ3v) is 3.46. The van der Waals surface area contributed by atoms with Crippen molar-refractivity contribution in [1.82, 2.24) is 10.3 Å². The summed E-state index contributed by atoms with van der Waals surface area (Å²) in [4.78, 5) is 16.0. The molecular formula is C12H16BrClN2O. The second-order valence-electron chi connectivity index (χ2n) is 4.17. The first-order valence-electron chi connectivity index (χ1n) is 5.51. The zero-order valence-corrected chi connectivity index (χ0v) is 12.3. The fraction of sp³-hybridized carbons (Fsp3) is 0.500. The van der Waals surface area contributed by atoms with E-state index in [4.69, 9.17) is 11.6 Å². The highest BCUT2D eigenvalue weighted by molar-refractivity contribution is 9.10. The molecule has 0 aliphatic heterocycles. The van der Waals surface area contributed by atoms with E-state index in [0.717, 1.165) is 17.3 Å². The summed E-state index contributed by atoms with van der Waals surface area (Å²) in [5.74, 6) is 0.366. The lowest BCUT2D eigenvalue weighted by atomic mass is 9.95. The van der Waals surface area contributed by atoms with Crippen molar-refractivity contribution in [2.75, 3.05) is 5.88 Å². The Morgan fingerprint density at radius 1 is 1.59 bits per heavy atom. The van der Waals surface area contributed by atoms with Crippen molar-refractivity contribution < 1.29 is 4.79 Å². The number of nitrogens with one attached hydrogen (secondary N) is 1. The molecule has 5 heteroatoms. The maximum absolute atomic E-state index is 12.0. The van der Waals surface area contributed by atoms with E-state index in [-0.39, 0.29) is 11.4 Å². The van der Waals surface area contributed by atoms with Crippen LogP contribution in [0.1, 0.15) is 37.2 Å². The first-order valence-corrected chi connectivity index (χ1v) is 6.83. The molecule has 94 valence electrons. The maximum Gasteiger partial charge on any atom is 0.270 e. The number of amides is 1. The Labute approximate surface area is 115 Å². The summed E-state index contributed by atoms with van der Waals surface area (Å²) in [6, 6.07) is 3.49. The average molecular weight is 320 g/mol. The lowest BCUT2D eigenvalue weighted by Gasteiger charge is -2.28. The molecule has 1 amide bonds. The van der Waals surface area contributed by atoms with Gasteiger partial charge in [-0.1, -0.05) is 6.92 Å². The average Bonchev–Trinajstić information content (AvgIpc) is 2.30. The number of rotatable bonds is 5. The third kappa shape index (κ3) is 4.28. The molecule has 1 aromatic rings. The number of aromatic nitrogens is 1. The number of hydrogen-bond donors (Lipinski definition) is 1. The summed E-state index contributed by atoms with van der Waals surface area (Å²) in [5, 5.41) is 2.98. The van der Waals surface area contributed by atoms with Gasteiger partial charge in [-0.3, -0.25) is 4.79 Å². The van der Waals surface area contributed by atoms with Crippen LogP contribution < -0.4 is 5.32 Å². The van der Waals surface area contributed by atoms with Crippen molar-refractivity contribution in [2.45, 2.75) is 32.2 Å². The molecule has 0 radical (unpaired) electrons. The van der Waals surface area contributed by atoms with Crippen LogP contribution in [0, 0.1) is 0 Å². The molecule has 1 aromatic heterocycles. The standard InChI is InChI=1S/C12H16BrClN2O/c1-3-12(2,6-7-14)16-11(17)10-5-4-9(13)8-15-10/h4-5,8H,3,6-7H2,1-2H3,(H,16,17). The number of alkyl halides is 1. The van der Waals surface area contributed by atoms with Crippen LogP contribution in [0.15, 0.2) is 22.8 Å². The van der Waals surface area contributed by atoms with Crippen LogP contribution in [-0.2, 0) is 0 Å². The topological polar surface area (TPSA) is 42.0 Å². The molecule has 0 saturated carbocycles. The highest BCUT2D eigenvalue weighted by atomic mass is 79.9. The van der Waals surface area contributed by atoms with E-state index >= 15 is 0 Å². The molecule has 0 aliphatic rings. The Hall–Kier alpha value is -0.610. The van der Waals surface area contributed by atoms with E-state index in [0.29, 0.717) is 11.6 Å². The minimum atomic E-state index is -0.270.